The summed E-state index contributed by atoms with van der Waals surface area (Å²) in [5, 5.41) is 14.5. The topological polar surface area (TPSA) is 135 Å². The van der Waals surface area contributed by atoms with Crippen LogP contribution in [-0.4, -0.2) is 43.7 Å². The van der Waals surface area contributed by atoms with Crippen LogP contribution in [0.4, 0.5) is 18.9 Å². The van der Waals surface area contributed by atoms with Crippen molar-refractivity contribution in [3.8, 4) is 6.07 Å². The van der Waals surface area contributed by atoms with Gasteiger partial charge in [0, 0.05) is 10.4 Å². The minimum absolute atomic E-state index is 0.0494. The zero-order chi connectivity index (χ0) is 28.9. The van der Waals surface area contributed by atoms with Gasteiger partial charge >= 0.3 is 18.1 Å². The molecule has 39 heavy (non-hydrogen) atoms. The highest BCUT2D eigenvalue weighted by Crippen LogP contribution is 2.41. The summed E-state index contributed by atoms with van der Waals surface area (Å²) in [4.78, 5) is 49.8. The molecule has 0 radical (unpaired) electrons. The molecule has 0 aromatic heterocycles. The number of methoxy groups -OCH3 is 2. The van der Waals surface area contributed by atoms with Crippen molar-refractivity contribution in [2.75, 3.05) is 25.3 Å². The summed E-state index contributed by atoms with van der Waals surface area (Å²) in [6.07, 6.45) is -4.73. The van der Waals surface area contributed by atoms with Gasteiger partial charge in [-0.1, -0.05) is 39.8 Å². The number of thioether (sulfide) groups is 1. The van der Waals surface area contributed by atoms with Crippen LogP contribution in [0.3, 0.4) is 0 Å². The molecule has 1 aliphatic heterocycles. The van der Waals surface area contributed by atoms with Crippen LogP contribution in [-0.2, 0) is 30.0 Å². The minimum atomic E-state index is -4.73. The Morgan fingerprint density at radius 2 is 1.79 bits per heavy atom. The van der Waals surface area contributed by atoms with E-state index >= 15 is 0 Å². The summed E-state index contributed by atoms with van der Waals surface area (Å²) in [7, 11) is 2.28. The van der Waals surface area contributed by atoms with Crippen LogP contribution >= 0.6 is 27.7 Å². The maximum atomic E-state index is 13.4. The Morgan fingerprint density at radius 3 is 2.36 bits per heavy atom. The molecule has 0 aliphatic carbocycles. The van der Waals surface area contributed by atoms with Gasteiger partial charge in [0.25, 0.3) is 0 Å². The molecule has 0 saturated heterocycles. The third kappa shape index (κ3) is 6.79. The first-order chi connectivity index (χ1) is 18.4. The van der Waals surface area contributed by atoms with Gasteiger partial charge in [0.1, 0.15) is 5.92 Å². The Balaban J connectivity index is 1.92. The molecule has 0 bridgehead atoms. The van der Waals surface area contributed by atoms with E-state index in [1.165, 1.54) is 37.4 Å². The number of benzene rings is 2. The molecule has 2 aromatic rings. The number of carbonyl (C=O) groups excluding carboxylic acids is 4. The first-order valence-electron chi connectivity index (χ1n) is 10.9. The van der Waals surface area contributed by atoms with Crippen LogP contribution in [0.1, 0.15) is 27.4 Å². The van der Waals surface area contributed by atoms with Crippen LogP contribution in [0.2, 0.25) is 0 Å². The molecular formula is C25H19BrF3N3O6S. The van der Waals surface area contributed by atoms with Gasteiger partial charge in [-0.15, -0.1) is 0 Å². The van der Waals surface area contributed by atoms with Gasteiger partial charge < -0.3 is 20.1 Å². The van der Waals surface area contributed by atoms with Gasteiger partial charge in [-0.3, -0.25) is 14.4 Å². The maximum Gasteiger partial charge on any atom is 0.418 e. The molecule has 1 aliphatic rings. The van der Waals surface area contributed by atoms with Crippen LogP contribution < -0.4 is 10.6 Å². The second-order valence-electron chi connectivity index (χ2n) is 7.96. The molecule has 0 saturated carbocycles. The summed E-state index contributed by atoms with van der Waals surface area (Å²) < 4.78 is 49.8. The van der Waals surface area contributed by atoms with Gasteiger partial charge in [-0.2, -0.15) is 18.4 Å². The third-order valence-electron chi connectivity index (χ3n) is 5.58. The van der Waals surface area contributed by atoms with Crippen molar-refractivity contribution < 1.29 is 41.8 Å². The van der Waals surface area contributed by atoms with Crippen molar-refractivity contribution in [2.45, 2.75) is 12.1 Å². The molecule has 2 atom stereocenters. The highest BCUT2D eigenvalue weighted by molar-refractivity contribution is 9.10. The smallest absolute Gasteiger partial charge is 0.418 e. The largest absolute Gasteiger partial charge is 0.468 e. The van der Waals surface area contributed by atoms with Crippen LogP contribution in [0.25, 0.3) is 0 Å². The quantitative estimate of drug-likeness (QED) is 0.342. The van der Waals surface area contributed by atoms with E-state index in [4.69, 9.17) is 4.74 Å². The van der Waals surface area contributed by atoms with E-state index in [0.717, 1.165) is 19.2 Å². The fourth-order valence-electron chi connectivity index (χ4n) is 3.81. The van der Waals surface area contributed by atoms with Gasteiger partial charge in [-0.25, -0.2) is 4.79 Å². The van der Waals surface area contributed by atoms with Crippen molar-refractivity contribution in [3.05, 3.63) is 74.2 Å². The summed E-state index contributed by atoms with van der Waals surface area (Å²) in [6.45, 7) is 0. The Bertz CT molecular complexity index is 1390. The van der Waals surface area contributed by atoms with Gasteiger partial charge in [0.05, 0.1) is 53.5 Å². The van der Waals surface area contributed by atoms with Gasteiger partial charge in [-0.05, 0) is 35.9 Å². The predicted molar refractivity (Wildman–Crippen MR) is 137 cm³/mol. The summed E-state index contributed by atoms with van der Waals surface area (Å²) in [6, 6.07) is 10.9. The molecule has 0 unspecified atom stereocenters. The van der Waals surface area contributed by atoms with Gasteiger partial charge in [0.15, 0.2) is 0 Å². The van der Waals surface area contributed by atoms with E-state index in [-0.39, 0.29) is 20.6 Å². The number of nitriles is 1. The first-order valence-corrected chi connectivity index (χ1v) is 12.7. The molecule has 14 heteroatoms. The fraction of sp³-hybridized carbons (Fsp3) is 0.240. The lowest BCUT2D eigenvalue weighted by Crippen LogP contribution is -2.44. The van der Waals surface area contributed by atoms with E-state index in [0.29, 0.717) is 17.3 Å². The molecule has 0 fully saturated rings. The Hall–Kier alpha value is -3.83. The number of ether oxygens (including phenoxy) is 2. The third-order valence-corrected chi connectivity index (χ3v) is 7.09. The fourth-order valence-corrected chi connectivity index (χ4v) is 5.02. The van der Waals surface area contributed by atoms with Crippen molar-refractivity contribution in [1.82, 2.24) is 5.32 Å². The lowest BCUT2D eigenvalue weighted by atomic mass is 9.78. The summed E-state index contributed by atoms with van der Waals surface area (Å²) >= 11 is 3.67. The summed E-state index contributed by atoms with van der Waals surface area (Å²) in [5.74, 6) is -6.23. The number of anilines is 1. The second kappa shape index (κ2) is 12.4. The van der Waals surface area contributed by atoms with Crippen LogP contribution in [0.15, 0.2) is 57.5 Å². The molecule has 204 valence electrons. The maximum absolute atomic E-state index is 13.4. The second-order valence-corrected chi connectivity index (χ2v) is 9.86. The Morgan fingerprint density at radius 1 is 1.13 bits per heavy atom. The average Bonchev–Trinajstić information content (AvgIpc) is 2.91. The molecular weight excluding hydrogens is 607 g/mol. The van der Waals surface area contributed by atoms with Crippen molar-refractivity contribution in [1.29, 1.82) is 5.26 Å². The Labute approximate surface area is 232 Å². The first kappa shape index (κ1) is 29.7. The lowest BCUT2D eigenvalue weighted by molar-refractivity contribution is -0.150. The zero-order valence-corrected chi connectivity index (χ0v) is 22.6. The number of nitrogens with zero attached hydrogens (tertiary/aromatic N) is 1. The number of hydrogen-bond donors (Lipinski definition) is 2. The number of amides is 2. The van der Waals surface area contributed by atoms with Crippen molar-refractivity contribution in [3.63, 3.8) is 0 Å². The molecule has 3 rings (SSSR count). The number of carbonyl (C=O) groups is 4. The van der Waals surface area contributed by atoms with E-state index in [1.807, 2.05) is 6.07 Å². The molecule has 2 aromatic carbocycles. The lowest BCUT2D eigenvalue weighted by Gasteiger charge is -2.31. The highest BCUT2D eigenvalue weighted by Gasteiger charge is 2.44. The van der Waals surface area contributed by atoms with Crippen molar-refractivity contribution >= 4 is 57.1 Å². The number of alkyl halides is 3. The number of hydrogen-bond acceptors (Lipinski definition) is 8. The standard InChI is InChI=1S/C25H19BrF3N3O6S/c1-37-23(35)13-5-3-12(4-6-13)19-15(10-30)22(32-21(34)20(19)24(36)38-2)39-11-18(33)31-17-8-7-14(26)9-16(17)25(27,28)29/h3-9,19-20H,11H2,1-2H3,(H,31,33)(H,32,34)/t19-,20+/m1/s1. The Kier molecular flexibility index (Phi) is 9.41. The zero-order valence-electron chi connectivity index (χ0n) is 20.2. The number of halogens is 4. The number of allylic oxidation sites excluding steroid dienone is 1. The van der Waals surface area contributed by atoms with E-state index in [2.05, 4.69) is 31.3 Å². The minimum Gasteiger partial charge on any atom is -0.468 e. The van der Waals surface area contributed by atoms with E-state index in [9.17, 15) is 37.6 Å². The molecule has 1 heterocycles. The number of esters is 2. The van der Waals surface area contributed by atoms with Gasteiger partial charge in [0.2, 0.25) is 11.8 Å². The normalized spacial score (nSPS) is 17.1. The molecule has 9 nitrogen and oxygen atoms in total. The number of rotatable bonds is 7. The van der Waals surface area contributed by atoms with Crippen LogP contribution in [0, 0.1) is 17.2 Å². The summed E-state index contributed by atoms with van der Waals surface area (Å²) in [5.41, 5.74) is -1.08. The van der Waals surface area contributed by atoms with Crippen LogP contribution in [0.5, 0.6) is 0 Å². The van der Waals surface area contributed by atoms with E-state index in [1.54, 1.807) is 0 Å². The van der Waals surface area contributed by atoms with Crippen molar-refractivity contribution in [2.24, 2.45) is 5.92 Å². The monoisotopic (exact) mass is 625 g/mol. The average molecular weight is 626 g/mol. The molecule has 2 amide bonds. The number of nitrogens with one attached hydrogen (secondary N) is 2. The highest BCUT2D eigenvalue weighted by atomic mass is 79.9. The molecule has 2 N–H and O–H groups in total. The SMILES string of the molecule is COC(=O)c1ccc([C@@H]2C(C#N)=C(SCC(=O)Nc3ccc(Br)cc3C(F)(F)F)NC(=O)[C@H]2C(=O)OC)cc1. The predicted octanol–water partition coefficient (Wildman–Crippen LogP) is 4.36. The molecule has 0 spiro atoms. The van der Waals surface area contributed by atoms with E-state index < -0.39 is 58.8 Å².